The van der Waals surface area contributed by atoms with Crippen LogP contribution in [0.5, 0.6) is 0 Å². The molecular formula is C11H4Cl3F2N. The van der Waals surface area contributed by atoms with E-state index in [4.69, 9.17) is 34.8 Å². The normalized spacial score (nSPS) is 10.6. The Morgan fingerprint density at radius 2 is 1.35 bits per heavy atom. The molecule has 0 aliphatic heterocycles. The standard InChI is InChI=1S/C11H4Cl3F2N/c12-6-1-5(2-7(13)11(6)14)10-8(15)3-17-4-9(10)16/h1-4H. The molecule has 0 unspecified atom stereocenters. The molecule has 0 aliphatic rings. The maximum Gasteiger partial charge on any atom is 0.152 e. The first-order valence-corrected chi connectivity index (χ1v) is 5.58. The second-order valence-corrected chi connectivity index (χ2v) is 4.42. The summed E-state index contributed by atoms with van der Waals surface area (Å²) >= 11 is 17.3. The maximum atomic E-state index is 13.5. The van der Waals surface area contributed by atoms with Crippen molar-refractivity contribution in [3.63, 3.8) is 0 Å². The molecule has 0 aliphatic carbocycles. The van der Waals surface area contributed by atoms with Crippen molar-refractivity contribution in [1.29, 1.82) is 0 Å². The Morgan fingerprint density at radius 1 is 0.882 bits per heavy atom. The molecule has 0 fully saturated rings. The number of halogens is 5. The van der Waals surface area contributed by atoms with Gasteiger partial charge in [0.25, 0.3) is 0 Å². The fraction of sp³-hybridized carbons (Fsp3) is 0. The van der Waals surface area contributed by atoms with Crippen LogP contribution in [-0.2, 0) is 0 Å². The van der Waals surface area contributed by atoms with E-state index in [0.29, 0.717) is 0 Å². The summed E-state index contributed by atoms with van der Waals surface area (Å²) < 4.78 is 27.0. The first kappa shape index (κ1) is 12.6. The third-order valence-corrected chi connectivity index (χ3v) is 3.32. The number of rotatable bonds is 1. The second-order valence-electron chi connectivity index (χ2n) is 3.23. The molecule has 1 nitrogen and oxygen atoms in total. The monoisotopic (exact) mass is 293 g/mol. The van der Waals surface area contributed by atoms with Gasteiger partial charge < -0.3 is 0 Å². The minimum Gasteiger partial charge on any atom is -0.259 e. The molecule has 0 saturated heterocycles. The fourth-order valence-corrected chi connectivity index (χ4v) is 1.98. The second kappa shape index (κ2) is 4.77. The Morgan fingerprint density at radius 3 is 1.82 bits per heavy atom. The first-order chi connectivity index (χ1) is 8.00. The summed E-state index contributed by atoms with van der Waals surface area (Å²) in [4.78, 5) is 3.39. The lowest BCUT2D eigenvalue weighted by atomic mass is 10.1. The topological polar surface area (TPSA) is 12.9 Å². The summed E-state index contributed by atoms with van der Waals surface area (Å²) in [5.74, 6) is -1.58. The summed E-state index contributed by atoms with van der Waals surface area (Å²) in [6.07, 6.45) is 1.82. The molecule has 0 N–H and O–H groups in total. The minimum atomic E-state index is -0.792. The molecule has 6 heteroatoms. The molecule has 0 saturated carbocycles. The van der Waals surface area contributed by atoms with Crippen LogP contribution in [0.1, 0.15) is 0 Å². The van der Waals surface area contributed by atoms with E-state index in [2.05, 4.69) is 4.98 Å². The van der Waals surface area contributed by atoms with Crippen molar-refractivity contribution in [2.75, 3.05) is 0 Å². The molecular weight excluding hydrogens is 290 g/mol. The van der Waals surface area contributed by atoms with Crippen molar-refractivity contribution in [2.45, 2.75) is 0 Å². The number of nitrogens with zero attached hydrogens (tertiary/aromatic N) is 1. The number of aromatic nitrogens is 1. The smallest absolute Gasteiger partial charge is 0.152 e. The molecule has 0 atom stereocenters. The van der Waals surface area contributed by atoms with E-state index in [1.807, 2.05) is 0 Å². The lowest BCUT2D eigenvalue weighted by molar-refractivity contribution is 0.579. The van der Waals surface area contributed by atoms with Gasteiger partial charge in [0.05, 0.1) is 33.0 Å². The molecule has 0 amide bonds. The molecule has 88 valence electrons. The van der Waals surface area contributed by atoms with Crippen LogP contribution in [-0.4, -0.2) is 4.98 Å². The highest BCUT2D eigenvalue weighted by Crippen LogP contribution is 2.36. The zero-order valence-electron chi connectivity index (χ0n) is 8.15. The predicted molar refractivity (Wildman–Crippen MR) is 64.6 cm³/mol. The van der Waals surface area contributed by atoms with Crippen LogP contribution in [0, 0.1) is 11.6 Å². The largest absolute Gasteiger partial charge is 0.259 e. The Kier molecular flexibility index (Phi) is 3.52. The summed E-state index contributed by atoms with van der Waals surface area (Å²) in [5.41, 5.74) is -0.0257. The minimum absolute atomic E-state index is 0.129. The Balaban J connectivity index is 2.69. The lowest BCUT2D eigenvalue weighted by Gasteiger charge is -2.07. The number of benzene rings is 1. The molecule has 1 aromatic heterocycles. The highest BCUT2D eigenvalue weighted by molar-refractivity contribution is 6.48. The highest BCUT2D eigenvalue weighted by atomic mass is 35.5. The van der Waals surface area contributed by atoms with Gasteiger partial charge in [-0.25, -0.2) is 8.78 Å². The molecule has 2 rings (SSSR count). The number of hydrogen-bond donors (Lipinski definition) is 0. The molecule has 0 spiro atoms. The zero-order chi connectivity index (χ0) is 12.6. The van der Waals surface area contributed by atoms with Crippen molar-refractivity contribution < 1.29 is 8.78 Å². The van der Waals surface area contributed by atoms with Gasteiger partial charge in [-0.15, -0.1) is 0 Å². The van der Waals surface area contributed by atoms with E-state index in [1.54, 1.807) is 0 Å². The molecule has 17 heavy (non-hydrogen) atoms. The Labute approximate surface area is 111 Å². The zero-order valence-corrected chi connectivity index (χ0v) is 10.4. The Bertz CT molecular complexity index is 544. The number of pyridine rings is 1. The third kappa shape index (κ3) is 2.37. The fourth-order valence-electron chi connectivity index (χ4n) is 1.39. The van der Waals surface area contributed by atoms with Crippen molar-refractivity contribution >= 4 is 34.8 Å². The van der Waals surface area contributed by atoms with Gasteiger partial charge in [-0.3, -0.25) is 4.98 Å². The average molecular weight is 295 g/mol. The van der Waals surface area contributed by atoms with Crippen molar-refractivity contribution in [3.05, 3.63) is 51.2 Å². The van der Waals surface area contributed by atoms with Gasteiger partial charge in [0.1, 0.15) is 0 Å². The van der Waals surface area contributed by atoms with Gasteiger partial charge in [-0.1, -0.05) is 34.8 Å². The van der Waals surface area contributed by atoms with Gasteiger partial charge in [0, 0.05) is 0 Å². The molecule has 1 heterocycles. The Hall–Kier alpha value is -0.900. The van der Waals surface area contributed by atoms with Crippen LogP contribution >= 0.6 is 34.8 Å². The third-order valence-electron chi connectivity index (χ3n) is 2.13. The SMILES string of the molecule is Fc1cncc(F)c1-c1cc(Cl)c(Cl)c(Cl)c1. The lowest BCUT2D eigenvalue weighted by Crippen LogP contribution is -1.92. The molecule has 2 aromatic rings. The van der Waals surface area contributed by atoms with Gasteiger partial charge in [-0.2, -0.15) is 0 Å². The highest BCUT2D eigenvalue weighted by Gasteiger charge is 2.14. The first-order valence-electron chi connectivity index (χ1n) is 4.44. The predicted octanol–water partition coefficient (Wildman–Crippen LogP) is 4.99. The summed E-state index contributed by atoms with van der Waals surface area (Å²) in [6, 6.07) is 2.69. The van der Waals surface area contributed by atoms with Crippen LogP contribution in [0.2, 0.25) is 15.1 Å². The molecule has 1 aromatic carbocycles. The van der Waals surface area contributed by atoms with Crippen LogP contribution < -0.4 is 0 Å². The summed E-state index contributed by atoms with van der Waals surface area (Å²) in [5, 5.41) is 0.404. The van der Waals surface area contributed by atoms with Crippen LogP contribution in [0.25, 0.3) is 11.1 Å². The van der Waals surface area contributed by atoms with Crippen LogP contribution in [0.4, 0.5) is 8.78 Å². The van der Waals surface area contributed by atoms with Crippen molar-refractivity contribution in [2.24, 2.45) is 0 Å². The molecule has 0 bridgehead atoms. The van der Waals surface area contributed by atoms with E-state index in [-0.39, 0.29) is 26.2 Å². The van der Waals surface area contributed by atoms with E-state index >= 15 is 0 Å². The van der Waals surface area contributed by atoms with Crippen molar-refractivity contribution in [3.8, 4) is 11.1 Å². The number of hydrogen-bond acceptors (Lipinski definition) is 1. The van der Waals surface area contributed by atoms with Gasteiger partial charge in [0.15, 0.2) is 11.6 Å². The van der Waals surface area contributed by atoms with Gasteiger partial charge >= 0.3 is 0 Å². The summed E-state index contributed by atoms with van der Waals surface area (Å²) in [6.45, 7) is 0. The average Bonchev–Trinajstić information content (AvgIpc) is 2.25. The molecule has 0 radical (unpaired) electrons. The van der Waals surface area contributed by atoms with E-state index in [1.165, 1.54) is 12.1 Å². The maximum absolute atomic E-state index is 13.5. The van der Waals surface area contributed by atoms with Gasteiger partial charge in [0.2, 0.25) is 0 Å². The summed E-state index contributed by atoms with van der Waals surface area (Å²) in [7, 11) is 0. The van der Waals surface area contributed by atoms with Crippen LogP contribution in [0.15, 0.2) is 24.5 Å². The van der Waals surface area contributed by atoms with Crippen molar-refractivity contribution in [1.82, 2.24) is 4.98 Å². The van der Waals surface area contributed by atoms with Crippen LogP contribution in [0.3, 0.4) is 0 Å². The van der Waals surface area contributed by atoms with E-state index in [0.717, 1.165) is 12.4 Å². The van der Waals surface area contributed by atoms with Gasteiger partial charge in [-0.05, 0) is 17.7 Å². The van der Waals surface area contributed by atoms with E-state index in [9.17, 15) is 8.78 Å². The quantitative estimate of drug-likeness (QED) is 0.675. The van der Waals surface area contributed by atoms with E-state index < -0.39 is 11.6 Å².